The number of nitrogens with zero attached hydrogens (tertiary/aromatic N) is 2. The number of rotatable bonds is 8. The highest BCUT2D eigenvalue weighted by Gasteiger charge is 2.11. The molecule has 1 aliphatic heterocycles. The molecular weight excluding hydrogens is 425 g/mol. The van der Waals surface area contributed by atoms with Gasteiger partial charge in [-0.25, -0.2) is 0 Å². The van der Waals surface area contributed by atoms with Gasteiger partial charge < -0.3 is 10.1 Å². The highest BCUT2D eigenvalue weighted by Crippen LogP contribution is 2.34. The van der Waals surface area contributed by atoms with Crippen molar-refractivity contribution in [1.29, 1.82) is 0 Å². The van der Waals surface area contributed by atoms with E-state index < -0.39 is 0 Å². The van der Waals surface area contributed by atoms with Crippen molar-refractivity contribution in [2.24, 2.45) is 0 Å². The second kappa shape index (κ2) is 9.98. The maximum Gasteiger partial charge on any atom is 0.147 e. The number of likely N-dealkylation sites (tertiary alicyclic amines) is 1. The number of hydrogen-bond donors (Lipinski definition) is 1. The fraction of sp³-hybridized carbons (Fsp3) is 0.409. The summed E-state index contributed by atoms with van der Waals surface area (Å²) in [6.45, 7) is 4.88. The van der Waals surface area contributed by atoms with Crippen LogP contribution in [0, 0.1) is 0 Å². The Hall–Kier alpha value is -1.53. The van der Waals surface area contributed by atoms with E-state index in [0.29, 0.717) is 16.7 Å². The van der Waals surface area contributed by atoms with E-state index in [2.05, 4.69) is 32.8 Å². The van der Waals surface area contributed by atoms with Crippen LogP contribution in [0.4, 0.5) is 5.82 Å². The van der Waals surface area contributed by atoms with Crippen molar-refractivity contribution in [3.8, 4) is 5.75 Å². The first-order valence-corrected chi connectivity index (χ1v) is 11.6. The first-order chi connectivity index (χ1) is 14.2. The average molecular weight is 450 g/mol. The van der Waals surface area contributed by atoms with Crippen LogP contribution in [0.5, 0.6) is 5.75 Å². The second-order valence-corrected chi connectivity index (χ2v) is 9.03. The summed E-state index contributed by atoms with van der Waals surface area (Å²) in [6, 6.07) is 12.2. The van der Waals surface area contributed by atoms with Crippen LogP contribution in [0.25, 0.3) is 10.1 Å². The topological polar surface area (TPSA) is 37.4 Å². The monoisotopic (exact) mass is 449 g/mol. The van der Waals surface area contributed by atoms with E-state index in [-0.39, 0.29) is 0 Å². The lowest BCUT2D eigenvalue weighted by Crippen LogP contribution is -2.29. The molecule has 0 spiro atoms. The van der Waals surface area contributed by atoms with E-state index in [1.807, 2.05) is 18.2 Å². The van der Waals surface area contributed by atoms with E-state index in [9.17, 15) is 0 Å². The smallest absolute Gasteiger partial charge is 0.147 e. The van der Waals surface area contributed by atoms with Gasteiger partial charge in [0.1, 0.15) is 11.6 Å². The molecule has 4 rings (SSSR count). The number of fused-ring (bicyclic) bond motifs is 1. The van der Waals surface area contributed by atoms with Crippen molar-refractivity contribution in [2.45, 2.75) is 32.2 Å². The third kappa shape index (κ3) is 5.54. The zero-order chi connectivity index (χ0) is 20.1. The van der Waals surface area contributed by atoms with Crippen LogP contribution < -0.4 is 10.1 Å². The van der Waals surface area contributed by atoms with E-state index in [1.165, 1.54) is 49.4 Å². The Kier molecular flexibility index (Phi) is 7.14. The van der Waals surface area contributed by atoms with Gasteiger partial charge in [0.25, 0.3) is 0 Å². The van der Waals surface area contributed by atoms with Crippen LogP contribution in [0.1, 0.15) is 31.2 Å². The maximum atomic E-state index is 6.14. The summed E-state index contributed by atoms with van der Waals surface area (Å²) in [7, 11) is 0. The molecule has 3 aromatic rings. The second-order valence-electron chi connectivity index (χ2n) is 7.41. The summed E-state index contributed by atoms with van der Waals surface area (Å²) in [4.78, 5) is 2.53. The molecule has 0 unspecified atom stereocenters. The van der Waals surface area contributed by atoms with E-state index in [0.717, 1.165) is 41.2 Å². The minimum absolute atomic E-state index is 0.551. The molecular formula is C22H25Cl2N3OS. The van der Waals surface area contributed by atoms with Crippen LogP contribution in [-0.2, 0) is 6.54 Å². The van der Waals surface area contributed by atoms with Crippen LogP contribution in [0.2, 0.25) is 10.0 Å². The Morgan fingerprint density at radius 2 is 1.90 bits per heavy atom. The quantitative estimate of drug-likeness (QED) is 0.399. The first kappa shape index (κ1) is 20.7. The molecule has 1 aromatic heterocycles. The summed E-state index contributed by atoms with van der Waals surface area (Å²) in [5.41, 5.74) is 1.33. The normalized spacial score (nSPS) is 15.0. The summed E-state index contributed by atoms with van der Waals surface area (Å²) in [5, 5.41) is 5.50. The van der Waals surface area contributed by atoms with Crippen molar-refractivity contribution in [3.05, 3.63) is 52.0 Å². The lowest BCUT2D eigenvalue weighted by molar-refractivity contribution is 0.220. The number of ether oxygens (including phenoxy) is 1. The molecule has 1 fully saturated rings. The van der Waals surface area contributed by atoms with Gasteiger partial charge in [-0.3, -0.25) is 4.90 Å². The van der Waals surface area contributed by atoms with Gasteiger partial charge in [-0.1, -0.05) is 41.8 Å². The molecule has 0 bridgehead atoms. The van der Waals surface area contributed by atoms with E-state index in [1.54, 1.807) is 0 Å². The number of piperidine rings is 1. The fourth-order valence-corrected chi connectivity index (χ4v) is 4.81. The molecule has 2 aromatic carbocycles. The summed E-state index contributed by atoms with van der Waals surface area (Å²) in [5.74, 6) is 1.80. The summed E-state index contributed by atoms with van der Waals surface area (Å²) < 4.78 is 11.5. The highest BCUT2D eigenvalue weighted by atomic mass is 35.5. The average Bonchev–Trinajstić information content (AvgIpc) is 3.11. The Balaban J connectivity index is 1.24. The molecule has 0 radical (unpaired) electrons. The van der Waals surface area contributed by atoms with Gasteiger partial charge in [0, 0.05) is 18.5 Å². The molecule has 1 saturated heterocycles. The standard InChI is InChI=1S/C22H25Cl2N3OS/c23-19-13-18-21(14-20(19)24)29-26-22(18)25-8-5-11-28-17-7-4-6-16(12-17)15-27-9-2-1-3-10-27/h4,6-7,12-14H,1-3,5,8-11,15H2,(H,25,26). The van der Waals surface area contributed by atoms with Crippen molar-refractivity contribution < 1.29 is 4.74 Å². The number of halogens is 2. The SMILES string of the molecule is Clc1cc2snc(NCCCOc3cccc(CN4CCCCC4)c3)c2cc1Cl. The number of anilines is 1. The van der Waals surface area contributed by atoms with Gasteiger partial charge >= 0.3 is 0 Å². The minimum Gasteiger partial charge on any atom is -0.494 e. The number of aromatic nitrogens is 1. The number of nitrogens with one attached hydrogen (secondary N) is 1. The first-order valence-electron chi connectivity index (χ1n) is 10.1. The Bertz CT molecular complexity index is 956. The summed E-state index contributed by atoms with van der Waals surface area (Å²) >= 11 is 13.6. The van der Waals surface area contributed by atoms with Crippen LogP contribution >= 0.6 is 34.7 Å². The van der Waals surface area contributed by atoms with Crippen molar-refractivity contribution in [2.75, 3.05) is 31.6 Å². The Labute approximate surface area is 185 Å². The van der Waals surface area contributed by atoms with Crippen LogP contribution in [-0.4, -0.2) is 35.5 Å². The lowest BCUT2D eigenvalue weighted by atomic mass is 10.1. The number of hydrogen-bond acceptors (Lipinski definition) is 5. The molecule has 1 N–H and O–H groups in total. The van der Waals surface area contributed by atoms with E-state index >= 15 is 0 Å². The third-order valence-corrected chi connectivity index (χ3v) is 6.68. The molecule has 7 heteroatoms. The summed E-state index contributed by atoms with van der Waals surface area (Å²) in [6.07, 6.45) is 4.88. The van der Waals surface area contributed by atoms with Gasteiger partial charge in [-0.15, -0.1) is 0 Å². The molecule has 0 atom stereocenters. The van der Waals surface area contributed by atoms with Crippen molar-refractivity contribution in [1.82, 2.24) is 9.27 Å². The minimum atomic E-state index is 0.551. The van der Waals surface area contributed by atoms with Gasteiger partial charge in [0.05, 0.1) is 21.4 Å². The van der Waals surface area contributed by atoms with Crippen LogP contribution in [0.3, 0.4) is 0 Å². The molecule has 154 valence electrons. The third-order valence-electron chi connectivity index (χ3n) is 5.15. The predicted octanol–water partition coefficient (Wildman–Crippen LogP) is 6.47. The zero-order valence-corrected chi connectivity index (χ0v) is 18.6. The molecule has 1 aliphatic rings. The maximum absolute atomic E-state index is 6.14. The Morgan fingerprint density at radius 3 is 2.76 bits per heavy atom. The van der Waals surface area contributed by atoms with Crippen molar-refractivity contribution >= 4 is 50.6 Å². The largest absolute Gasteiger partial charge is 0.494 e. The molecule has 0 saturated carbocycles. The predicted molar refractivity (Wildman–Crippen MR) is 124 cm³/mol. The molecule has 29 heavy (non-hydrogen) atoms. The Morgan fingerprint density at radius 1 is 1.07 bits per heavy atom. The number of benzene rings is 2. The highest BCUT2D eigenvalue weighted by molar-refractivity contribution is 7.13. The van der Waals surface area contributed by atoms with E-state index in [4.69, 9.17) is 27.9 Å². The lowest BCUT2D eigenvalue weighted by Gasteiger charge is -2.26. The van der Waals surface area contributed by atoms with Crippen molar-refractivity contribution in [3.63, 3.8) is 0 Å². The molecule has 0 aliphatic carbocycles. The molecule has 4 nitrogen and oxygen atoms in total. The molecule has 0 amide bonds. The zero-order valence-electron chi connectivity index (χ0n) is 16.3. The van der Waals surface area contributed by atoms with Gasteiger partial charge in [0.15, 0.2) is 0 Å². The fourth-order valence-electron chi connectivity index (χ4n) is 3.64. The van der Waals surface area contributed by atoms with Gasteiger partial charge in [0.2, 0.25) is 0 Å². The van der Waals surface area contributed by atoms with Crippen LogP contribution in [0.15, 0.2) is 36.4 Å². The molecule has 2 heterocycles. The van der Waals surface area contributed by atoms with Gasteiger partial charge in [-0.2, -0.15) is 4.37 Å². The van der Waals surface area contributed by atoms with Gasteiger partial charge in [-0.05, 0) is 73.7 Å².